The summed E-state index contributed by atoms with van der Waals surface area (Å²) < 4.78 is 0. The molecule has 1 N–H and O–H groups in total. The first kappa shape index (κ1) is 13.5. The molecule has 17 heavy (non-hydrogen) atoms. The molecule has 0 aliphatic heterocycles. The molecular formula is C15H22N2. The van der Waals surface area contributed by atoms with Gasteiger partial charge in [-0.05, 0) is 19.8 Å². The second-order valence-corrected chi connectivity index (χ2v) is 4.02. The second-order valence-electron chi connectivity index (χ2n) is 4.02. The van der Waals surface area contributed by atoms with Gasteiger partial charge in [-0.1, -0.05) is 50.3 Å². The van der Waals surface area contributed by atoms with Gasteiger partial charge in [0.05, 0.1) is 0 Å². The lowest BCUT2D eigenvalue weighted by Crippen LogP contribution is -2.23. The van der Waals surface area contributed by atoms with E-state index in [1.54, 1.807) is 0 Å². The summed E-state index contributed by atoms with van der Waals surface area (Å²) in [6.07, 6.45) is 4.27. The molecular weight excluding hydrogens is 208 g/mol. The Bertz CT molecular complexity index is 377. The summed E-state index contributed by atoms with van der Waals surface area (Å²) in [5.41, 5.74) is 2.30. The lowest BCUT2D eigenvalue weighted by molar-refractivity contribution is 0.917. The van der Waals surface area contributed by atoms with E-state index in [4.69, 9.17) is 0 Å². The SMILES string of the molecule is CCC=C(C)NC(=NCCC)c1ccccc1. The van der Waals surface area contributed by atoms with Crippen LogP contribution in [0.2, 0.25) is 0 Å². The van der Waals surface area contributed by atoms with Gasteiger partial charge in [0.25, 0.3) is 0 Å². The Balaban J connectivity index is 2.86. The van der Waals surface area contributed by atoms with Crippen LogP contribution >= 0.6 is 0 Å². The van der Waals surface area contributed by atoms with Crippen molar-refractivity contribution in [2.45, 2.75) is 33.6 Å². The van der Waals surface area contributed by atoms with Crippen LogP contribution in [0.3, 0.4) is 0 Å². The molecule has 1 aromatic carbocycles. The molecule has 0 radical (unpaired) electrons. The molecule has 0 unspecified atom stereocenters. The molecule has 1 rings (SSSR count). The van der Waals surface area contributed by atoms with Gasteiger partial charge in [-0.3, -0.25) is 4.99 Å². The van der Waals surface area contributed by atoms with Crippen LogP contribution in [0, 0.1) is 0 Å². The van der Waals surface area contributed by atoms with Crippen LogP contribution in [0.15, 0.2) is 47.1 Å². The van der Waals surface area contributed by atoms with Crippen LogP contribution in [0.4, 0.5) is 0 Å². The highest BCUT2D eigenvalue weighted by Crippen LogP contribution is 2.02. The number of rotatable bonds is 5. The topological polar surface area (TPSA) is 24.4 Å². The van der Waals surface area contributed by atoms with Crippen molar-refractivity contribution in [3.8, 4) is 0 Å². The minimum Gasteiger partial charge on any atom is -0.344 e. The number of aliphatic imine (C=N–C) groups is 1. The Morgan fingerprint density at radius 1 is 1.24 bits per heavy atom. The minimum atomic E-state index is 0.858. The summed E-state index contributed by atoms with van der Waals surface area (Å²) in [4.78, 5) is 4.60. The quantitative estimate of drug-likeness (QED) is 0.604. The summed E-state index contributed by atoms with van der Waals surface area (Å²) in [7, 11) is 0. The van der Waals surface area contributed by atoms with Crippen molar-refractivity contribution in [3.05, 3.63) is 47.7 Å². The van der Waals surface area contributed by atoms with Gasteiger partial charge in [-0.15, -0.1) is 0 Å². The third kappa shape index (κ3) is 4.85. The zero-order valence-electron chi connectivity index (χ0n) is 11.0. The van der Waals surface area contributed by atoms with Crippen LogP contribution in [0.5, 0.6) is 0 Å². The molecule has 0 aromatic heterocycles. The Labute approximate surface area is 104 Å². The lowest BCUT2D eigenvalue weighted by Gasteiger charge is -2.10. The first-order valence-electron chi connectivity index (χ1n) is 6.31. The number of hydrogen-bond donors (Lipinski definition) is 1. The Morgan fingerprint density at radius 3 is 2.53 bits per heavy atom. The normalized spacial score (nSPS) is 12.6. The Morgan fingerprint density at radius 2 is 1.94 bits per heavy atom. The monoisotopic (exact) mass is 230 g/mol. The molecule has 0 aliphatic rings. The van der Waals surface area contributed by atoms with E-state index in [0.29, 0.717) is 0 Å². The van der Waals surface area contributed by atoms with E-state index in [1.807, 2.05) is 18.2 Å². The summed E-state index contributed by atoms with van der Waals surface area (Å²) in [5.74, 6) is 0.967. The Hall–Kier alpha value is -1.57. The fraction of sp³-hybridized carbons (Fsp3) is 0.400. The summed E-state index contributed by atoms with van der Waals surface area (Å²) in [6, 6.07) is 10.3. The molecule has 0 spiro atoms. The van der Waals surface area contributed by atoms with Crippen LogP contribution < -0.4 is 5.32 Å². The number of nitrogens with one attached hydrogen (secondary N) is 1. The lowest BCUT2D eigenvalue weighted by atomic mass is 10.2. The molecule has 0 aliphatic carbocycles. The zero-order valence-corrected chi connectivity index (χ0v) is 11.0. The van der Waals surface area contributed by atoms with E-state index >= 15 is 0 Å². The van der Waals surface area contributed by atoms with Crippen molar-refractivity contribution in [3.63, 3.8) is 0 Å². The predicted octanol–water partition coefficient (Wildman–Crippen LogP) is 3.75. The van der Waals surface area contributed by atoms with Gasteiger partial charge in [-0.2, -0.15) is 0 Å². The van der Waals surface area contributed by atoms with E-state index < -0.39 is 0 Å². The molecule has 0 atom stereocenters. The first-order valence-corrected chi connectivity index (χ1v) is 6.31. The smallest absolute Gasteiger partial charge is 0.132 e. The van der Waals surface area contributed by atoms with E-state index in [1.165, 1.54) is 0 Å². The second kappa shape index (κ2) is 7.66. The number of allylic oxidation sites excluding steroid dienone is 2. The van der Waals surface area contributed by atoms with Crippen molar-refractivity contribution in [1.29, 1.82) is 0 Å². The van der Waals surface area contributed by atoms with Crippen LogP contribution in [-0.4, -0.2) is 12.4 Å². The van der Waals surface area contributed by atoms with Gasteiger partial charge in [0, 0.05) is 17.8 Å². The van der Waals surface area contributed by atoms with Crippen LogP contribution in [-0.2, 0) is 0 Å². The van der Waals surface area contributed by atoms with Crippen molar-refractivity contribution in [2.75, 3.05) is 6.54 Å². The maximum absolute atomic E-state index is 4.60. The number of benzene rings is 1. The van der Waals surface area contributed by atoms with Gasteiger partial charge in [0.1, 0.15) is 5.84 Å². The third-order valence-corrected chi connectivity index (χ3v) is 2.37. The van der Waals surface area contributed by atoms with Crippen molar-refractivity contribution >= 4 is 5.84 Å². The standard InChI is InChI=1S/C15H22N2/c1-4-9-13(3)17-15(16-12-5-2)14-10-7-6-8-11-14/h6-11H,4-5,12H2,1-3H3,(H,16,17). The van der Waals surface area contributed by atoms with Gasteiger partial charge in [-0.25, -0.2) is 0 Å². The average molecular weight is 230 g/mol. The molecule has 0 saturated heterocycles. The van der Waals surface area contributed by atoms with Crippen molar-refractivity contribution < 1.29 is 0 Å². The third-order valence-electron chi connectivity index (χ3n) is 2.37. The number of amidine groups is 1. The summed E-state index contributed by atoms with van der Waals surface area (Å²) in [5, 5.41) is 3.38. The van der Waals surface area contributed by atoms with E-state index in [0.717, 1.165) is 36.5 Å². The first-order chi connectivity index (χ1) is 8.27. The molecule has 0 heterocycles. The maximum Gasteiger partial charge on any atom is 0.132 e. The molecule has 0 bridgehead atoms. The highest BCUT2D eigenvalue weighted by atomic mass is 15.0. The van der Waals surface area contributed by atoms with Gasteiger partial charge < -0.3 is 5.32 Å². The highest BCUT2D eigenvalue weighted by Gasteiger charge is 2.01. The van der Waals surface area contributed by atoms with Crippen LogP contribution in [0.1, 0.15) is 39.2 Å². The van der Waals surface area contributed by atoms with Gasteiger partial charge in [0.15, 0.2) is 0 Å². The van der Waals surface area contributed by atoms with Crippen molar-refractivity contribution in [2.24, 2.45) is 4.99 Å². The molecule has 0 saturated carbocycles. The molecule has 1 aromatic rings. The summed E-state index contributed by atoms with van der Waals surface area (Å²) >= 11 is 0. The number of hydrogen-bond acceptors (Lipinski definition) is 1. The van der Waals surface area contributed by atoms with Crippen molar-refractivity contribution in [1.82, 2.24) is 5.32 Å². The minimum absolute atomic E-state index is 0.858. The van der Waals surface area contributed by atoms with Gasteiger partial charge >= 0.3 is 0 Å². The van der Waals surface area contributed by atoms with Gasteiger partial charge in [0.2, 0.25) is 0 Å². The fourth-order valence-electron chi connectivity index (χ4n) is 1.57. The molecule has 0 fully saturated rings. The Kier molecular flexibility index (Phi) is 6.08. The van der Waals surface area contributed by atoms with E-state index in [2.05, 4.69) is 49.3 Å². The maximum atomic E-state index is 4.60. The highest BCUT2D eigenvalue weighted by molar-refractivity contribution is 5.99. The fourth-order valence-corrected chi connectivity index (χ4v) is 1.57. The number of nitrogens with zero attached hydrogens (tertiary/aromatic N) is 1. The molecule has 2 nitrogen and oxygen atoms in total. The summed E-state index contributed by atoms with van der Waals surface area (Å²) in [6.45, 7) is 7.21. The van der Waals surface area contributed by atoms with E-state index in [9.17, 15) is 0 Å². The molecule has 2 heteroatoms. The largest absolute Gasteiger partial charge is 0.344 e. The molecule has 92 valence electrons. The average Bonchev–Trinajstić information content (AvgIpc) is 2.36. The predicted molar refractivity (Wildman–Crippen MR) is 75.3 cm³/mol. The zero-order chi connectivity index (χ0) is 12.5. The van der Waals surface area contributed by atoms with E-state index in [-0.39, 0.29) is 0 Å². The van der Waals surface area contributed by atoms with Crippen LogP contribution in [0.25, 0.3) is 0 Å². The molecule has 0 amide bonds.